The third-order valence-electron chi connectivity index (χ3n) is 8.30. The quantitative estimate of drug-likeness (QED) is 0.180. The van der Waals surface area contributed by atoms with Crippen LogP contribution in [0.1, 0.15) is 129 Å². The number of allylic oxidation sites excluding steroid dienone is 3. The number of hydrogen-bond acceptors (Lipinski definition) is 4. The van der Waals surface area contributed by atoms with Gasteiger partial charge in [-0.1, -0.05) is 71.2 Å². The number of benzene rings is 1. The number of rotatable bonds is 13. The Bertz CT molecular complexity index is 1260. The summed E-state index contributed by atoms with van der Waals surface area (Å²) in [7, 11) is 2.12. The lowest BCUT2D eigenvalue weighted by molar-refractivity contribution is 0.00565. The number of unbranched alkanes of at least 4 members (excludes halogenated alkanes) is 1. The summed E-state index contributed by atoms with van der Waals surface area (Å²) in [5.74, 6) is 0.314. The number of aryl methyl sites for hydroxylation is 2. The van der Waals surface area contributed by atoms with E-state index in [-0.39, 0.29) is 5.97 Å². The van der Waals surface area contributed by atoms with Gasteiger partial charge in [-0.25, -0.2) is 4.79 Å². The number of carbonyl (C=O) groups is 1. The number of ether oxygens (including phenoxy) is 1. The molecule has 1 aliphatic rings. The van der Waals surface area contributed by atoms with Gasteiger partial charge in [-0.3, -0.25) is 0 Å². The minimum absolute atomic E-state index is 0.241. The fourth-order valence-corrected chi connectivity index (χ4v) is 5.77. The number of halogens is 1. The van der Waals surface area contributed by atoms with E-state index >= 15 is 0 Å². The molecule has 5 nitrogen and oxygen atoms in total. The van der Waals surface area contributed by atoms with Crippen molar-refractivity contribution in [1.29, 1.82) is 0 Å². The van der Waals surface area contributed by atoms with Gasteiger partial charge in [0.25, 0.3) is 0 Å². The number of nitrogens with one attached hydrogen (secondary N) is 1. The highest BCUT2D eigenvalue weighted by atomic mass is 35.5. The summed E-state index contributed by atoms with van der Waals surface area (Å²) in [6, 6.07) is 4.12. The molecule has 1 aromatic carbocycles. The van der Waals surface area contributed by atoms with E-state index in [0.29, 0.717) is 11.6 Å². The lowest BCUT2D eigenvalue weighted by Crippen LogP contribution is -2.26. The summed E-state index contributed by atoms with van der Waals surface area (Å²) >= 11 is 7.02. The molecule has 2 heterocycles. The lowest BCUT2D eigenvalue weighted by atomic mass is 9.91. The maximum absolute atomic E-state index is 13.8. The first kappa shape index (κ1) is 36.9. The Morgan fingerprint density at radius 3 is 2.28 bits per heavy atom. The molecule has 2 aromatic rings. The third-order valence-corrected chi connectivity index (χ3v) is 8.61. The van der Waals surface area contributed by atoms with Crippen LogP contribution in [0, 0.1) is 5.92 Å². The number of nitrogens with zero attached hydrogens (tertiary/aromatic N) is 2. The molecule has 3 rings (SSSR count). The largest absolute Gasteiger partial charge is 0.455 e. The maximum atomic E-state index is 13.8. The topological polar surface area (TPSA) is 46.5 Å². The molecule has 0 amide bonds. The monoisotopic (exact) mass is 613 g/mol. The molecule has 0 fully saturated rings. The predicted molar refractivity (Wildman–Crippen MR) is 187 cm³/mol. The van der Waals surface area contributed by atoms with Crippen LogP contribution in [0.3, 0.4) is 0 Å². The summed E-state index contributed by atoms with van der Waals surface area (Å²) < 4.78 is 8.24. The molecule has 1 aliphatic heterocycles. The molecule has 0 spiro atoms. The second kappa shape index (κ2) is 17.3. The van der Waals surface area contributed by atoms with Crippen LogP contribution in [0.15, 0.2) is 29.5 Å². The van der Waals surface area contributed by atoms with Crippen molar-refractivity contribution in [1.82, 2.24) is 14.8 Å². The van der Waals surface area contributed by atoms with Crippen molar-refractivity contribution in [3.63, 3.8) is 0 Å². The Labute approximate surface area is 268 Å². The first-order valence-corrected chi connectivity index (χ1v) is 17.1. The van der Waals surface area contributed by atoms with Gasteiger partial charge < -0.3 is 19.5 Å². The van der Waals surface area contributed by atoms with Crippen LogP contribution < -0.4 is 5.32 Å². The van der Waals surface area contributed by atoms with Crippen LogP contribution in [0.25, 0.3) is 16.5 Å². The minimum Gasteiger partial charge on any atom is -0.455 e. The standard InChI is InChI=1S/C31H45ClN2O2.C6H15N/c1-10-12-13-23-24-14-15-25(32)27(26-21(4)17-18-33(9)22(26)5)28(24)34(19-16-20(3)11-2)29(23)30(35)36-31(6,7)8;1-3-5-7-6-4-2/h14-15,17,20H,10-13,16,18-19H2,1-9H3;7H,3-6H2,1-2H3. The van der Waals surface area contributed by atoms with Crippen molar-refractivity contribution in [2.45, 2.75) is 126 Å². The number of aromatic nitrogens is 1. The maximum Gasteiger partial charge on any atom is 0.355 e. The normalized spacial score (nSPS) is 14.5. The van der Waals surface area contributed by atoms with Gasteiger partial charge in [0, 0.05) is 42.4 Å². The molecule has 0 bridgehead atoms. The van der Waals surface area contributed by atoms with Crippen molar-refractivity contribution in [2.75, 3.05) is 26.7 Å². The Hall–Kier alpha value is -2.24. The zero-order valence-electron chi connectivity index (χ0n) is 29.2. The molecule has 43 heavy (non-hydrogen) atoms. The highest BCUT2D eigenvalue weighted by molar-refractivity contribution is 6.34. The van der Waals surface area contributed by atoms with E-state index in [0.717, 1.165) is 72.2 Å². The van der Waals surface area contributed by atoms with Crippen molar-refractivity contribution in [2.24, 2.45) is 5.92 Å². The van der Waals surface area contributed by atoms with Crippen molar-refractivity contribution in [3.05, 3.63) is 51.3 Å². The van der Waals surface area contributed by atoms with Gasteiger partial charge in [0.15, 0.2) is 0 Å². The highest BCUT2D eigenvalue weighted by Gasteiger charge is 2.30. The number of fused-ring (bicyclic) bond motifs is 1. The molecule has 1 N–H and O–H groups in total. The van der Waals surface area contributed by atoms with Gasteiger partial charge in [0.1, 0.15) is 11.3 Å². The molecule has 0 radical (unpaired) electrons. The van der Waals surface area contributed by atoms with Crippen LogP contribution in [0.5, 0.6) is 0 Å². The molecule has 1 atom stereocenters. The summed E-state index contributed by atoms with van der Waals surface area (Å²) in [6.45, 7) is 25.2. The average molecular weight is 614 g/mol. The van der Waals surface area contributed by atoms with Crippen LogP contribution in [0.2, 0.25) is 5.02 Å². The van der Waals surface area contributed by atoms with Gasteiger partial charge in [0.05, 0.1) is 10.5 Å². The molecule has 0 aliphatic carbocycles. The van der Waals surface area contributed by atoms with E-state index in [1.165, 1.54) is 42.8 Å². The SMILES string of the molecule is CCCCc1c(C(=O)OC(C)(C)C)n(CCC(C)CC)c2c(C3=C(C)N(C)CC=C3C)c(Cl)ccc12.CCCNCCC. The molecule has 0 saturated heterocycles. The first-order valence-electron chi connectivity index (χ1n) is 16.7. The van der Waals surface area contributed by atoms with E-state index in [4.69, 9.17) is 16.3 Å². The molecule has 1 aromatic heterocycles. The summed E-state index contributed by atoms with van der Waals surface area (Å²) in [5.41, 5.74) is 6.91. The molecular weight excluding hydrogens is 554 g/mol. The lowest BCUT2D eigenvalue weighted by Gasteiger charge is -2.29. The van der Waals surface area contributed by atoms with Gasteiger partial charge >= 0.3 is 5.97 Å². The Kier molecular flexibility index (Phi) is 14.9. The van der Waals surface area contributed by atoms with Gasteiger partial charge in [-0.2, -0.15) is 0 Å². The molecule has 1 unspecified atom stereocenters. The van der Waals surface area contributed by atoms with Crippen molar-refractivity contribution >= 4 is 34.0 Å². The van der Waals surface area contributed by atoms with E-state index in [1.807, 2.05) is 26.8 Å². The number of hydrogen-bond donors (Lipinski definition) is 1. The molecular formula is C37H60ClN3O2. The summed E-state index contributed by atoms with van der Waals surface area (Å²) in [5, 5.41) is 5.13. The fraction of sp³-hybridized carbons (Fsp3) is 0.649. The average Bonchev–Trinajstić information content (AvgIpc) is 3.26. The van der Waals surface area contributed by atoms with Gasteiger partial charge in [0.2, 0.25) is 0 Å². The van der Waals surface area contributed by atoms with E-state index in [9.17, 15) is 4.79 Å². The van der Waals surface area contributed by atoms with Gasteiger partial charge in [-0.15, -0.1) is 0 Å². The van der Waals surface area contributed by atoms with Gasteiger partial charge in [-0.05, 0) is 103 Å². The fourth-order valence-electron chi connectivity index (χ4n) is 5.52. The van der Waals surface area contributed by atoms with Crippen molar-refractivity contribution in [3.8, 4) is 0 Å². The highest BCUT2D eigenvalue weighted by Crippen LogP contribution is 2.43. The van der Waals surface area contributed by atoms with Crippen LogP contribution in [-0.4, -0.2) is 47.7 Å². The van der Waals surface area contributed by atoms with E-state index in [2.05, 4.69) is 82.4 Å². The molecule has 0 saturated carbocycles. The van der Waals surface area contributed by atoms with E-state index in [1.54, 1.807) is 0 Å². The Balaban J connectivity index is 0.000000821. The van der Waals surface area contributed by atoms with Crippen LogP contribution in [-0.2, 0) is 17.7 Å². The Morgan fingerprint density at radius 1 is 1.07 bits per heavy atom. The van der Waals surface area contributed by atoms with Crippen molar-refractivity contribution < 1.29 is 9.53 Å². The zero-order chi connectivity index (χ0) is 32.3. The summed E-state index contributed by atoms with van der Waals surface area (Å²) in [6.07, 6.45) is 9.77. The molecule has 6 heteroatoms. The first-order chi connectivity index (χ1) is 20.3. The molecule has 242 valence electrons. The van der Waals surface area contributed by atoms with Crippen LogP contribution >= 0.6 is 11.6 Å². The summed E-state index contributed by atoms with van der Waals surface area (Å²) in [4.78, 5) is 16.1. The van der Waals surface area contributed by atoms with Crippen LogP contribution in [0.4, 0.5) is 0 Å². The number of carbonyl (C=O) groups excluding carboxylic acids is 1. The second-order valence-electron chi connectivity index (χ2n) is 13.2. The zero-order valence-corrected chi connectivity index (χ0v) is 29.9. The smallest absolute Gasteiger partial charge is 0.355 e. The minimum atomic E-state index is -0.567. The third kappa shape index (κ3) is 9.88. The predicted octanol–water partition coefficient (Wildman–Crippen LogP) is 10.0. The number of esters is 1. The Morgan fingerprint density at radius 2 is 1.72 bits per heavy atom. The number of likely N-dealkylation sites (N-methyl/N-ethyl adjacent to an activating group) is 1. The second-order valence-corrected chi connectivity index (χ2v) is 13.6. The van der Waals surface area contributed by atoms with E-state index < -0.39 is 5.60 Å².